The first-order chi connectivity index (χ1) is 9.28. The zero-order valence-electron chi connectivity index (χ0n) is 10.7. The van der Waals surface area contributed by atoms with Gasteiger partial charge in [-0.2, -0.15) is 0 Å². The summed E-state index contributed by atoms with van der Waals surface area (Å²) < 4.78 is 24.7. The average Bonchev–Trinajstić information content (AvgIpc) is 3.09. The number of sulfonamides is 1. The lowest BCUT2D eigenvalue weighted by atomic mass is 10.2. The zero-order chi connectivity index (χ0) is 14.9. The minimum atomic E-state index is -3.46. The minimum absolute atomic E-state index is 0.246. The second-order valence-corrected chi connectivity index (χ2v) is 6.44. The van der Waals surface area contributed by atoms with Gasteiger partial charge >= 0.3 is 5.97 Å². The average molecular weight is 298 g/mol. The Kier molecular flexibility index (Phi) is 3.67. The second kappa shape index (κ2) is 5.12. The van der Waals surface area contributed by atoms with Crippen molar-refractivity contribution in [3.8, 4) is 0 Å². The van der Waals surface area contributed by atoms with E-state index in [-0.39, 0.29) is 5.69 Å². The van der Waals surface area contributed by atoms with Crippen LogP contribution in [0.3, 0.4) is 0 Å². The van der Waals surface area contributed by atoms with Crippen LogP contribution in [0.25, 0.3) is 0 Å². The summed E-state index contributed by atoms with van der Waals surface area (Å²) in [6.07, 6.45) is 1.32. The van der Waals surface area contributed by atoms with Crippen molar-refractivity contribution in [2.45, 2.75) is 6.42 Å². The van der Waals surface area contributed by atoms with Gasteiger partial charge < -0.3 is 10.4 Å². The molecule has 1 amide bonds. The molecular formula is C12H14N2O5S. The van der Waals surface area contributed by atoms with Gasteiger partial charge in [-0.15, -0.1) is 0 Å². The van der Waals surface area contributed by atoms with Gasteiger partial charge in [0.2, 0.25) is 15.9 Å². The van der Waals surface area contributed by atoms with E-state index < -0.39 is 33.7 Å². The summed E-state index contributed by atoms with van der Waals surface area (Å²) in [5.74, 6) is -2.61. The molecule has 1 fully saturated rings. The molecule has 0 aliphatic heterocycles. The van der Waals surface area contributed by atoms with Crippen LogP contribution >= 0.6 is 0 Å². The lowest BCUT2D eigenvalue weighted by molar-refractivity contribution is -0.139. The molecule has 0 spiro atoms. The number of hydrogen-bond donors (Lipinski definition) is 3. The van der Waals surface area contributed by atoms with Crippen molar-refractivity contribution < 1.29 is 23.1 Å². The van der Waals surface area contributed by atoms with Crippen molar-refractivity contribution in [3.05, 3.63) is 24.3 Å². The van der Waals surface area contributed by atoms with Crippen LogP contribution in [-0.2, 0) is 19.6 Å². The summed E-state index contributed by atoms with van der Waals surface area (Å²) >= 11 is 0. The van der Waals surface area contributed by atoms with Gasteiger partial charge in [-0.3, -0.25) is 14.3 Å². The Morgan fingerprint density at radius 1 is 1.20 bits per heavy atom. The number of nitrogens with one attached hydrogen (secondary N) is 2. The van der Waals surface area contributed by atoms with Gasteiger partial charge in [0.1, 0.15) is 0 Å². The first-order valence-electron chi connectivity index (χ1n) is 5.88. The molecule has 1 aliphatic carbocycles. The second-order valence-electron chi connectivity index (χ2n) is 4.70. The molecule has 0 radical (unpaired) electrons. The molecule has 1 aliphatic rings. The van der Waals surface area contributed by atoms with Crippen LogP contribution in [-0.4, -0.2) is 31.7 Å². The Balaban J connectivity index is 2.10. The van der Waals surface area contributed by atoms with Gasteiger partial charge in [-0.25, -0.2) is 8.42 Å². The Morgan fingerprint density at radius 3 is 2.30 bits per heavy atom. The number of anilines is 2. The number of hydrogen-bond acceptors (Lipinski definition) is 4. The van der Waals surface area contributed by atoms with Gasteiger partial charge in [0.25, 0.3) is 0 Å². The Bertz CT molecular complexity index is 656. The largest absolute Gasteiger partial charge is 0.481 e. The molecule has 0 saturated heterocycles. The summed E-state index contributed by atoms with van der Waals surface area (Å²) in [6, 6.07) is 6.33. The Hall–Kier alpha value is -2.09. The lowest BCUT2D eigenvalue weighted by Gasteiger charge is -2.11. The zero-order valence-corrected chi connectivity index (χ0v) is 11.5. The monoisotopic (exact) mass is 298 g/mol. The summed E-state index contributed by atoms with van der Waals surface area (Å²) in [7, 11) is -3.46. The number of para-hydroxylation sites is 2. The Labute approximate surface area is 116 Å². The van der Waals surface area contributed by atoms with E-state index >= 15 is 0 Å². The maximum Gasteiger partial charge on any atom is 0.307 e. The van der Waals surface area contributed by atoms with E-state index in [9.17, 15) is 18.0 Å². The molecule has 1 saturated carbocycles. The van der Waals surface area contributed by atoms with Crippen molar-refractivity contribution in [1.82, 2.24) is 0 Å². The molecule has 0 bridgehead atoms. The molecule has 2 atom stereocenters. The molecule has 1 aromatic carbocycles. The van der Waals surface area contributed by atoms with E-state index in [2.05, 4.69) is 10.0 Å². The number of carboxylic acids is 1. The van der Waals surface area contributed by atoms with Crippen LogP contribution in [0.4, 0.5) is 11.4 Å². The third-order valence-electron chi connectivity index (χ3n) is 2.92. The highest BCUT2D eigenvalue weighted by Gasteiger charge is 2.48. The number of carbonyl (C=O) groups excluding carboxylic acids is 1. The fraction of sp³-hybridized carbons (Fsp3) is 0.333. The number of rotatable bonds is 5. The highest BCUT2D eigenvalue weighted by atomic mass is 32.2. The molecule has 3 N–H and O–H groups in total. The molecule has 20 heavy (non-hydrogen) atoms. The third-order valence-corrected chi connectivity index (χ3v) is 3.52. The van der Waals surface area contributed by atoms with Crippen LogP contribution in [0.2, 0.25) is 0 Å². The van der Waals surface area contributed by atoms with E-state index in [4.69, 9.17) is 5.11 Å². The van der Waals surface area contributed by atoms with Crippen LogP contribution in [0.15, 0.2) is 24.3 Å². The first kappa shape index (κ1) is 14.3. The van der Waals surface area contributed by atoms with E-state index in [0.29, 0.717) is 12.1 Å². The number of amides is 1. The van der Waals surface area contributed by atoms with Gasteiger partial charge in [0, 0.05) is 0 Å². The predicted molar refractivity (Wildman–Crippen MR) is 72.8 cm³/mol. The normalized spacial score (nSPS) is 21.1. The number of carboxylic acid groups (broad SMARTS) is 1. The number of benzene rings is 1. The van der Waals surface area contributed by atoms with Crippen molar-refractivity contribution in [2.24, 2.45) is 11.8 Å². The number of aliphatic carboxylic acids is 1. The lowest BCUT2D eigenvalue weighted by Crippen LogP contribution is -2.19. The van der Waals surface area contributed by atoms with Crippen molar-refractivity contribution >= 4 is 33.3 Å². The van der Waals surface area contributed by atoms with E-state index in [1.165, 1.54) is 6.07 Å². The fourth-order valence-electron chi connectivity index (χ4n) is 1.86. The first-order valence-corrected chi connectivity index (χ1v) is 7.77. The maximum absolute atomic E-state index is 11.9. The smallest absolute Gasteiger partial charge is 0.307 e. The summed E-state index contributed by atoms with van der Waals surface area (Å²) in [5, 5.41) is 11.3. The molecule has 0 aromatic heterocycles. The molecule has 0 unspecified atom stereocenters. The van der Waals surface area contributed by atoms with Crippen LogP contribution in [0, 0.1) is 11.8 Å². The van der Waals surface area contributed by atoms with Crippen LogP contribution < -0.4 is 10.0 Å². The SMILES string of the molecule is CS(=O)(=O)Nc1ccccc1NC(=O)[C@H]1C[C@@H]1C(=O)O. The quantitative estimate of drug-likeness (QED) is 0.741. The van der Waals surface area contributed by atoms with Gasteiger partial charge in [-0.1, -0.05) is 12.1 Å². The van der Waals surface area contributed by atoms with Crippen molar-refractivity contribution in [1.29, 1.82) is 0 Å². The highest BCUT2D eigenvalue weighted by Crippen LogP contribution is 2.39. The molecule has 7 nitrogen and oxygen atoms in total. The summed E-state index contributed by atoms with van der Waals surface area (Å²) in [6.45, 7) is 0. The van der Waals surface area contributed by atoms with E-state index in [1.54, 1.807) is 18.2 Å². The van der Waals surface area contributed by atoms with E-state index in [0.717, 1.165) is 6.26 Å². The van der Waals surface area contributed by atoms with Crippen LogP contribution in [0.1, 0.15) is 6.42 Å². The van der Waals surface area contributed by atoms with Crippen molar-refractivity contribution in [3.63, 3.8) is 0 Å². The van der Waals surface area contributed by atoms with Gasteiger partial charge in [0.05, 0.1) is 29.5 Å². The third kappa shape index (κ3) is 3.47. The standard InChI is InChI=1S/C12H14N2O5S/c1-20(18,19)14-10-5-3-2-4-9(10)13-11(15)7-6-8(7)12(16)17/h2-5,7-8,14H,6H2,1H3,(H,13,15)(H,16,17)/t7-,8-/m0/s1. The van der Waals surface area contributed by atoms with Crippen molar-refractivity contribution in [2.75, 3.05) is 16.3 Å². The van der Waals surface area contributed by atoms with E-state index in [1.807, 2.05) is 0 Å². The predicted octanol–water partition coefficient (Wildman–Crippen LogP) is 0.717. The van der Waals surface area contributed by atoms with Crippen LogP contribution in [0.5, 0.6) is 0 Å². The maximum atomic E-state index is 11.9. The summed E-state index contributed by atoms with van der Waals surface area (Å²) in [5.41, 5.74) is 0.551. The van der Waals surface area contributed by atoms with Gasteiger partial charge in [-0.05, 0) is 18.6 Å². The molecule has 8 heteroatoms. The topological polar surface area (TPSA) is 113 Å². The fourth-order valence-corrected chi connectivity index (χ4v) is 2.44. The Morgan fingerprint density at radius 2 is 1.80 bits per heavy atom. The number of carbonyl (C=O) groups is 2. The minimum Gasteiger partial charge on any atom is -0.481 e. The molecule has 108 valence electrons. The molecular weight excluding hydrogens is 284 g/mol. The molecule has 2 rings (SSSR count). The summed E-state index contributed by atoms with van der Waals surface area (Å²) in [4.78, 5) is 22.6. The molecule has 1 aromatic rings. The van der Waals surface area contributed by atoms with Gasteiger partial charge in [0.15, 0.2) is 0 Å². The molecule has 0 heterocycles. The highest BCUT2D eigenvalue weighted by molar-refractivity contribution is 7.92.